The first kappa shape index (κ1) is 15.8. The van der Waals surface area contributed by atoms with E-state index in [-0.39, 0.29) is 11.0 Å². The van der Waals surface area contributed by atoms with Crippen molar-refractivity contribution in [2.24, 2.45) is 5.41 Å². The molecule has 1 saturated heterocycles. The van der Waals surface area contributed by atoms with E-state index in [9.17, 15) is 0 Å². The number of hydrogen-bond donors (Lipinski definition) is 1. The van der Waals surface area contributed by atoms with Crippen molar-refractivity contribution in [2.45, 2.75) is 52.7 Å². The number of halogens is 1. The van der Waals surface area contributed by atoms with E-state index in [1.165, 1.54) is 5.56 Å². The van der Waals surface area contributed by atoms with Gasteiger partial charge >= 0.3 is 0 Å². The summed E-state index contributed by atoms with van der Waals surface area (Å²) < 4.78 is 0. The minimum atomic E-state index is 0.167. The molecule has 0 bridgehead atoms. The molecule has 20 heavy (non-hydrogen) atoms. The van der Waals surface area contributed by atoms with Crippen molar-refractivity contribution in [3.05, 3.63) is 34.9 Å². The van der Waals surface area contributed by atoms with Crippen LogP contribution in [0.3, 0.4) is 0 Å². The predicted octanol–water partition coefficient (Wildman–Crippen LogP) is 3.94. The molecule has 0 aromatic heterocycles. The molecule has 1 unspecified atom stereocenters. The molecule has 2 rings (SSSR count). The Labute approximate surface area is 128 Å². The van der Waals surface area contributed by atoms with Gasteiger partial charge in [0, 0.05) is 36.2 Å². The van der Waals surface area contributed by atoms with Gasteiger partial charge in [0.05, 0.1) is 0 Å². The molecule has 3 heteroatoms. The quantitative estimate of drug-likeness (QED) is 0.889. The highest BCUT2D eigenvalue weighted by molar-refractivity contribution is 6.30. The van der Waals surface area contributed by atoms with Crippen molar-refractivity contribution < 1.29 is 0 Å². The third-order valence-electron chi connectivity index (χ3n) is 4.09. The van der Waals surface area contributed by atoms with Gasteiger partial charge in [-0.25, -0.2) is 0 Å². The van der Waals surface area contributed by atoms with Crippen LogP contribution in [0.2, 0.25) is 5.02 Å². The fourth-order valence-corrected chi connectivity index (χ4v) is 3.28. The Hall–Kier alpha value is -0.570. The van der Waals surface area contributed by atoms with Crippen LogP contribution >= 0.6 is 11.6 Å². The van der Waals surface area contributed by atoms with E-state index in [4.69, 9.17) is 11.6 Å². The monoisotopic (exact) mass is 294 g/mol. The molecule has 1 heterocycles. The minimum Gasteiger partial charge on any atom is -0.309 e. The standard InChI is InChI=1S/C17H27ClN2/c1-16(2,3)15-10-19-17(4,5)12-20(15)11-13-7-6-8-14(18)9-13/h6-9,15,19H,10-12H2,1-5H3. The molecule has 0 amide bonds. The van der Waals surface area contributed by atoms with Crippen LogP contribution in [-0.2, 0) is 6.54 Å². The average Bonchev–Trinajstić information content (AvgIpc) is 2.25. The molecule has 1 fully saturated rings. The zero-order valence-electron chi connectivity index (χ0n) is 13.3. The van der Waals surface area contributed by atoms with Crippen molar-refractivity contribution >= 4 is 11.6 Å². The Kier molecular flexibility index (Phi) is 4.48. The summed E-state index contributed by atoms with van der Waals surface area (Å²) in [6, 6.07) is 8.76. The first-order chi connectivity index (χ1) is 9.17. The van der Waals surface area contributed by atoms with Crippen LogP contribution in [0.15, 0.2) is 24.3 Å². The van der Waals surface area contributed by atoms with Gasteiger partial charge in [0.1, 0.15) is 0 Å². The van der Waals surface area contributed by atoms with Crippen molar-refractivity contribution in [3.63, 3.8) is 0 Å². The summed E-state index contributed by atoms with van der Waals surface area (Å²) in [6.07, 6.45) is 0. The summed E-state index contributed by atoms with van der Waals surface area (Å²) >= 11 is 6.11. The van der Waals surface area contributed by atoms with Crippen LogP contribution in [0.5, 0.6) is 0 Å². The van der Waals surface area contributed by atoms with Gasteiger partial charge in [-0.2, -0.15) is 0 Å². The van der Waals surface area contributed by atoms with Crippen LogP contribution in [0.1, 0.15) is 40.2 Å². The van der Waals surface area contributed by atoms with Crippen LogP contribution in [0.25, 0.3) is 0 Å². The Bertz CT molecular complexity index is 462. The third-order valence-corrected chi connectivity index (χ3v) is 4.32. The van der Waals surface area contributed by atoms with E-state index < -0.39 is 0 Å². The molecule has 0 saturated carbocycles. The molecule has 1 atom stereocenters. The zero-order chi connectivity index (χ0) is 15.0. The summed E-state index contributed by atoms with van der Waals surface area (Å²) in [5.74, 6) is 0. The van der Waals surface area contributed by atoms with Crippen LogP contribution < -0.4 is 5.32 Å². The van der Waals surface area contributed by atoms with Crippen molar-refractivity contribution in [3.8, 4) is 0 Å². The second kappa shape index (κ2) is 5.67. The van der Waals surface area contributed by atoms with Gasteiger partial charge in [-0.1, -0.05) is 44.5 Å². The van der Waals surface area contributed by atoms with Gasteiger partial charge in [0.2, 0.25) is 0 Å². The maximum atomic E-state index is 6.11. The summed E-state index contributed by atoms with van der Waals surface area (Å²) in [5.41, 5.74) is 1.73. The van der Waals surface area contributed by atoms with Gasteiger partial charge in [-0.15, -0.1) is 0 Å². The van der Waals surface area contributed by atoms with Crippen molar-refractivity contribution in [1.29, 1.82) is 0 Å². The number of nitrogens with one attached hydrogen (secondary N) is 1. The van der Waals surface area contributed by atoms with E-state index in [2.05, 4.69) is 57.0 Å². The van der Waals surface area contributed by atoms with Crippen molar-refractivity contribution in [1.82, 2.24) is 10.2 Å². The van der Waals surface area contributed by atoms with Crippen LogP contribution in [0, 0.1) is 5.41 Å². The summed E-state index contributed by atoms with van der Waals surface area (Å²) in [4.78, 5) is 2.60. The highest BCUT2D eigenvalue weighted by Gasteiger charge is 2.38. The molecule has 1 aliphatic heterocycles. The normalized spacial score (nSPS) is 23.8. The minimum absolute atomic E-state index is 0.167. The predicted molar refractivity (Wildman–Crippen MR) is 87.2 cm³/mol. The molecule has 0 aliphatic carbocycles. The lowest BCUT2D eigenvalue weighted by molar-refractivity contribution is 0.0272. The third kappa shape index (κ3) is 3.97. The molecule has 1 aliphatic rings. The molecule has 0 radical (unpaired) electrons. The van der Waals surface area contributed by atoms with E-state index in [1.54, 1.807) is 0 Å². The molecular weight excluding hydrogens is 268 g/mol. The van der Waals surface area contributed by atoms with Gasteiger partial charge in [0.15, 0.2) is 0 Å². The SMILES string of the molecule is CC1(C)CN(Cc2cccc(Cl)c2)C(C(C)(C)C)CN1. The van der Waals surface area contributed by atoms with Gasteiger partial charge in [-0.3, -0.25) is 4.90 Å². The second-order valence-electron chi connectivity index (χ2n) is 7.68. The van der Waals surface area contributed by atoms with Gasteiger partial charge < -0.3 is 5.32 Å². The highest BCUT2D eigenvalue weighted by Crippen LogP contribution is 2.30. The average molecular weight is 295 g/mol. The number of piperazine rings is 1. The number of hydrogen-bond acceptors (Lipinski definition) is 2. The first-order valence-electron chi connectivity index (χ1n) is 7.41. The molecule has 2 nitrogen and oxygen atoms in total. The smallest absolute Gasteiger partial charge is 0.0409 e. The molecule has 1 aromatic rings. The maximum absolute atomic E-state index is 6.11. The summed E-state index contributed by atoms with van der Waals surface area (Å²) in [7, 11) is 0. The van der Waals surface area contributed by atoms with Crippen LogP contribution in [0.4, 0.5) is 0 Å². The largest absolute Gasteiger partial charge is 0.309 e. The fourth-order valence-electron chi connectivity index (χ4n) is 3.07. The topological polar surface area (TPSA) is 15.3 Å². The van der Waals surface area contributed by atoms with Gasteiger partial charge in [0.25, 0.3) is 0 Å². The molecule has 1 aromatic carbocycles. The Morgan fingerprint density at radius 1 is 1.35 bits per heavy atom. The lowest BCUT2D eigenvalue weighted by Crippen LogP contribution is -2.64. The number of benzene rings is 1. The van der Waals surface area contributed by atoms with E-state index >= 15 is 0 Å². The maximum Gasteiger partial charge on any atom is 0.0409 e. The molecule has 1 N–H and O–H groups in total. The first-order valence-corrected chi connectivity index (χ1v) is 7.79. The van der Waals surface area contributed by atoms with Crippen molar-refractivity contribution in [2.75, 3.05) is 13.1 Å². The molecule has 112 valence electrons. The van der Waals surface area contributed by atoms with E-state index in [0.29, 0.717) is 6.04 Å². The zero-order valence-corrected chi connectivity index (χ0v) is 14.1. The summed E-state index contributed by atoms with van der Waals surface area (Å²) in [5, 5.41) is 4.50. The molecule has 0 spiro atoms. The van der Waals surface area contributed by atoms with Crippen LogP contribution in [-0.4, -0.2) is 29.6 Å². The molecular formula is C17H27ClN2. The highest BCUT2D eigenvalue weighted by atomic mass is 35.5. The Morgan fingerprint density at radius 3 is 2.65 bits per heavy atom. The fraction of sp³-hybridized carbons (Fsp3) is 0.647. The lowest BCUT2D eigenvalue weighted by atomic mass is 9.82. The summed E-state index contributed by atoms with van der Waals surface area (Å²) in [6.45, 7) is 14.6. The number of rotatable bonds is 2. The van der Waals surface area contributed by atoms with E-state index in [0.717, 1.165) is 24.7 Å². The second-order valence-corrected chi connectivity index (χ2v) is 8.12. The van der Waals surface area contributed by atoms with E-state index in [1.807, 2.05) is 12.1 Å². The Balaban J connectivity index is 2.19. The number of nitrogens with zero attached hydrogens (tertiary/aromatic N) is 1. The Morgan fingerprint density at radius 2 is 2.05 bits per heavy atom. The van der Waals surface area contributed by atoms with Gasteiger partial charge in [-0.05, 0) is 37.0 Å². The lowest BCUT2D eigenvalue weighted by Gasteiger charge is -2.49.